The van der Waals surface area contributed by atoms with Gasteiger partial charge in [0, 0.05) is 35.1 Å². The number of halogens is 1. The van der Waals surface area contributed by atoms with E-state index in [4.69, 9.17) is 4.42 Å². The molecule has 0 aliphatic heterocycles. The third kappa shape index (κ3) is 7.26. The molecule has 2 rings (SSSR count). The number of nitrogens with one attached hydrogen (secondary N) is 3. The fourth-order valence-corrected chi connectivity index (χ4v) is 2.26. The van der Waals surface area contributed by atoms with Crippen LogP contribution in [0.1, 0.15) is 25.0 Å². The average molecular weight is 406 g/mol. The van der Waals surface area contributed by atoms with Gasteiger partial charge < -0.3 is 15.2 Å². The van der Waals surface area contributed by atoms with Crippen LogP contribution in [-0.2, 0) is 16.0 Å². The maximum atomic E-state index is 11.8. The summed E-state index contributed by atoms with van der Waals surface area (Å²) in [5.74, 6) is 0.373. The molecule has 132 valence electrons. The molecule has 0 saturated carbocycles. The Morgan fingerprint density at radius 2 is 1.72 bits per heavy atom. The molecule has 6 nitrogen and oxygen atoms in total. The normalized spacial score (nSPS) is 10.1. The first kappa shape index (κ1) is 18.8. The van der Waals surface area contributed by atoms with Gasteiger partial charge in [-0.1, -0.05) is 22.5 Å². The summed E-state index contributed by atoms with van der Waals surface area (Å²) in [4.78, 5) is 23.6. The number of hydrogen-bond acceptors (Lipinski definition) is 4. The van der Waals surface area contributed by atoms with Crippen molar-refractivity contribution in [1.29, 1.82) is 0 Å². The summed E-state index contributed by atoms with van der Waals surface area (Å²) >= 11 is 3.33. The van der Waals surface area contributed by atoms with Crippen LogP contribution in [0.4, 0.5) is 5.69 Å². The van der Waals surface area contributed by atoms with Crippen molar-refractivity contribution < 1.29 is 14.0 Å². The highest BCUT2D eigenvalue weighted by Gasteiger charge is 2.07. The lowest BCUT2D eigenvalue weighted by atomic mass is 10.2. The molecule has 3 N–H and O–H groups in total. The van der Waals surface area contributed by atoms with Gasteiger partial charge in [-0.2, -0.15) is 0 Å². The number of aryl methyl sites for hydroxylation is 1. The molecule has 0 aliphatic carbocycles. The molecular weight excluding hydrogens is 386 g/mol. The van der Waals surface area contributed by atoms with Crippen molar-refractivity contribution >= 4 is 33.4 Å². The number of hydrazine groups is 1. The van der Waals surface area contributed by atoms with E-state index in [-0.39, 0.29) is 24.7 Å². The number of furan rings is 1. The standard InChI is InChI=1S/C18H20BrN3O3/c1-13(4-9-16-3-2-12-25-16)21-22-18(24)11-10-17(23)20-15-7-5-14(19)6-8-15/h2-3,5-8,12,21H,1,4,9-11H2,(H,20,23)(H,22,24). The molecule has 0 radical (unpaired) electrons. The fraction of sp³-hybridized carbons (Fsp3) is 0.222. The molecule has 1 heterocycles. The van der Waals surface area contributed by atoms with Crippen molar-refractivity contribution in [2.75, 3.05) is 5.32 Å². The molecule has 2 amide bonds. The zero-order valence-corrected chi connectivity index (χ0v) is 15.3. The van der Waals surface area contributed by atoms with Crippen molar-refractivity contribution in [2.45, 2.75) is 25.7 Å². The molecule has 2 aromatic rings. The SMILES string of the molecule is C=C(CCc1ccco1)NNC(=O)CCC(=O)Nc1ccc(Br)cc1. The molecule has 0 atom stereocenters. The Balaban J connectivity index is 1.60. The van der Waals surface area contributed by atoms with E-state index in [1.165, 1.54) is 0 Å². The van der Waals surface area contributed by atoms with Gasteiger partial charge in [-0.25, -0.2) is 0 Å². The molecule has 1 aromatic carbocycles. The summed E-state index contributed by atoms with van der Waals surface area (Å²) in [6, 6.07) is 10.9. The third-order valence-corrected chi connectivity index (χ3v) is 3.87. The van der Waals surface area contributed by atoms with E-state index in [0.717, 1.165) is 10.2 Å². The number of rotatable bonds is 9. The molecule has 0 aliphatic rings. The molecule has 7 heteroatoms. The van der Waals surface area contributed by atoms with Gasteiger partial charge >= 0.3 is 0 Å². The number of carbonyl (C=O) groups excluding carboxylic acids is 2. The lowest BCUT2D eigenvalue weighted by Gasteiger charge is -2.10. The van der Waals surface area contributed by atoms with E-state index in [1.54, 1.807) is 18.4 Å². The predicted octanol–water partition coefficient (Wildman–Crippen LogP) is 3.53. The van der Waals surface area contributed by atoms with Crippen LogP contribution in [0.5, 0.6) is 0 Å². The monoisotopic (exact) mass is 405 g/mol. The summed E-state index contributed by atoms with van der Waals surface area (Å²) < 4.78 is 6.16. The van der Waals surface area contributed by atoms with Crippen molar-refractivity contribution in [3.63, 3.8) is 0 Å². The molecule has 0 unspecified atom stereocenters. The summed E-state index contributed by atoms with van der Waals surface area (Å²) in [6.45, 7) is 3.83. The van der Waals surface area contributed by atoms with Crippen LogP contribution in [0.3, 0.4) is 0 Å². The molecule has 0 fully saturated rings. The van der Waals surface area contributed by atoms with Gasteiger partial charge in [-0.3, -0.25) is 15.0 Å². The van der Waals surface area contributed by atoms with Gasteiger partial charge in [0.2, 0.25) is 11.8 Å². The minimum Gasteiger partial charge on any atom is -0.469 e. The second kappa shape index (κ2) is 9.68. The lowest BCUT2D eigenvalue weighted by Crippen LogP contribution is -2.36. The Morgan fingerprint density at radius 3 is 2.40 bits per heavy atom. The van der Waals surface area contributed by atoms with E-state index >= 15 is 0 Å². The Bertz CT molecular complexity index is 712. The average Bonchev–Trinajstić information content (AvgIpc) is 3.12. The van der Waals surface area contributed by atoms with Gasteiger partial charge in [0.1, 0.15) is 5.76 Å². The Morgan fingerprint density at radius 1 is 1.00 bits per heavy atom. The molecule has 25 heavy (non-hydrogen) atoms. The smallest absolute Gasteiger partial charge is 0.238 e. The third-order valence-electron chi connectivity index (χ3n) is 3.34. The van der Waals surface area contributed by atoms with E-state index in [9.17, 15) is 9.59 Å². The zero-order chi connectivity index (χ0) is 18.1. The van der Waals surface area contributed by atoms with Crippen molar-refractivity contribution in [1.82, 2.24) is 10.9 Å². The molecule has 0 saturated heterocycles. The second-order valence-electron chi connectivity index (χ2n) is 5.41. The zero-order valence-electron chi connectivity index (χ0n) is 13.7. The lowest BCUT2D eigenvalue weighted by molar-refractivity contribution is -0.124. The Labute approximate surface area is 154 Å². The first-order valence-corrected chi connectivity index (χ1v) is 8.62. The number of benzene rings is 1. The van der Waals surface area contributed by atoms with Crippen molar-refractivity contribution in [3.8, 4) is 0 Å². The highest BCUT2D eigenvalue weighted by Crippen LogP contribution is 2.14. The highest BCUT2D eigenvalue weighted by molar-refractivity contribution is 9.10. The van der Waals surface area contributed by atoms with Gasteiger partial charge in [0.05, 0.1) is 6.26 Å². The van der Waals surface area contributed by atoms with Crippen LogP contribution in [0.15, 0.2) is 63.8 Å². The van der Waals surface area contributed by atoms with Gasteiger partial charge in [-0.15, -0.1) is 0 Å². The maximum Gasteiger partial charge on any atom is 0.238 e. The van der Waals surface area contributed by atoms with Crippen molar-refractivity contribution in [2.24, 2.45) is 0 Å². The minimum absolute atomic E-state index is 0.0842. The number of amides is 2. The number of hydrogen-bond donors (Lipinski definition) is 3. The Kier molecular flexibility index (Phi) is 7.28. The largest absolute Gasteiger partial charge is 0.469 e. The Hall–Kier alpha value is -2.54. The second-order valence-corrected chi connectivity index (χ2v) is 6.33. The van der Waals surface area contributed by atoms with Gasteiger partial charge in [0.15, 0.2) is 0 Å². The topological polar surface area (TPSA) is 83.4 Å². The molecule has 1 aromatic heterocycles. The van der Waals surface area contributed by atoms with Crippen molar-refractivity contribution in [3.05, 3.63) is 65.2 Å². The molecular formula is C18H20BrN3O3. The van der Waals surface area contributed by atoms with E-state index < -0.39 is 0 Å². The van der Waals surface area contributed by atoms with Crippen LogP contribution in [-0.4, -0.2) is 11.8 Å². The van der Waals surface area contributed by atoms with Crippen LogP contribution in [0.2, 0.25) is 0 Å². The van der Waals surface area contributed by atoms with Crippen LogP contribution < -0.4 is 16.2 Å². The van der Waals surface area contributed by atoms with E-state index in [0.29, 0.717) is 24.2 Å². The summed E-state index contributed by atoms with van der Waals surface area (Å²) in [7, 11) is 0. The summed E-state index contributed by atoms with van der Waals surface area (Å²) in [5.41, 5.74) is 6.65. The van der Waals surface area contributed by atoms with Gasteiger partial charge in [-0.05, 0) is 42.8 Å². The molecule has 0 spiro atoms. The van der Waals surface area contributed by atoms with E-state index in [2.05, 4.69) is 38.7 Å². The van der Waals surface area contributed by atoms with Gasteiger partial charge in [0.25, 0.3) is 0 Å². The maximum absolute atomic E-state index is 11.8. The first-order chi connectivity index (χ1) is 12.0. The summed E-state index contributed by atoms with van der Waals surface area (Å²) in [6.07, 6.45) is 3.14. The number of allylic oxidation sites excluding steroid dienone is 1. The van der Waals surface area contributed by atoms with Crippen LogP contribution >= 0.6 is 15.9 Å². The van der Waals surface area contributed by atoms with E-state index in [1.807, 2.05) is 24.3 Å². The summed E-state index contributed by atoms with van der Waals surface area (Å²) in [5, 5.41) is 2.74. The molecule has 0 bridgehead atoms. The highest BCUT2D eigenvalue weighted by atomic mass is 79.9. The first-order valence-electron chi connectivity index (χ1n) is 7.83. The minimum atomic E-state index is -0.273. The van der Waals surface area contributed by atoms with Crippen LogP contribution in [0, 0.1) is 0 Å². The quantitative estimate of drug-likeness (QED) is 0.557. The predicted molar refractivity (Wildman–Crippen MR) is 99.5 cm³/mol. The van der Waals surface area contributed by atoms with Crippen LogP contribution in [0.25, 0.3) is 0 Å². The fourth-order valence-electron chi connectivity index (χ4n) is 2.00. The number of anilines is 1. The number of carbonyl (C=O) groups is 2.